The summed E-state index contributed by atoms with van der Waals surface area (Å²) >= 11 is 0. The van der Waals surface area contributed by atoms with E-state index in [4.69, 9.17) is 0 Å². The molecule has 2 fully saturated rings. The number of aromatic nitrogens is 1. The van der Waals surface area contributed by atoms with Crippen LogP contribution in [0.25, 0.3) is 0 Å². The predicted molar refractivity (Wildman–Crippen MR) is 73.7 cm³/mol. The van der Waals surface area contributed by atoms with Crippen LogP contribution in [0.4, 0.5) is 0 Å². The maximum Gasteiger partial charge on any atom is 0.249 e. The van der Waals surface area contributed by atoms with Crippen LogP contribution in [-0.4, -0.2) is 33.8 Å². The van der Waals surface area contributed by atoms with Crippen molar-refractivity contribution >= 4 is 11.8 Å². The van der Waals surface area contributed by atoms with Crippen LogP contribution in [0.5, 0.6) is 0 Å². The fraction of sp³-hybridized carbons (Fsp3) is 0.533. The van der Waals surface area contributed by atoms with E-state index in [9.17, 15) is 9.59 Å². The lowest BCUT2D eigenvalue weighted by Crippen LogP contribution is -2.65. The molecule has 1 saturated carbocycles. The second kappa shape index (κ2) is 4.89. The lowest BCUT2D eigenvalue weighted by atomic mass is 9.93. The molecule has 0 radical (unpaired) electrons. The molecule has 3 rings (SSSR count). The summed E-state index contributed by atoms with van der Waals surface area (Å²) in [5, 5.41) is 2.92. The van der Waals surface area contributed by atoms with Gasteiger partial charge in [0.15, 0.2) is 0 Å². The number of amides is 2. The molecule has 1 N–H and O–H groups in total. The van der Waals surface area contributed by atoms with E-state index in [2.05, 4.69) is 10.3 Å². The van der Waals surface area contributed by atoms with Crippen molar-refractivity contribution in [3.8, 4) is 0 Å². The Labute approximate surface area is 118 Å². The van der Waals surface area contributed by atoms with Crippen molar-refractivity contribution in [2.75, 3.05) is 6.54 Å². The van der Waals surface area contributed by atoms with Crippen molar-refractivity contribution in [1.82, 2.24) is 15.2 Å². The molecule has 1 aromatic heterocycles. The van der Waals surface area contributed by atoms with Gasteiger partial charge in [0.2, 0.25) is 11.8 Å². The Morgan fingerprint density at radius 1 is 1.30 bits per heavy atom. The molecule has 2 amide bonds. The van der Waals surface area contributed by atoms with Crippen molar-refractivity contribution in [3.05, 3.63) is 29.6 Å². The number of hydrogen-bond donors (Lipinski definition) is 1. The minimum Gasteiger partial charge on any atom is -0.340 e. The normalized spacial score (nSPS) is 21.4. The van der Waals surface area contributed by atoms with E-state index in [1.54, 1.807) is 11.1 Å². The van der Waals surface area contributed by atoms with Gasteiger partial charge in [-0.15, -0.1) is 0 Å². The monoisotopic (exact) mass is 273 g/mol. The van der Waals surface area contributed by atoms with Gasteiger partial charge in [0.25, 0.3) is 0 Å². The topological polar surface area (TPSA) is 62.3 Å². The molecule has 0 unspecified atom stereocenters. The Morgan fingerprint density at radius 2 is 2.05 bits per heavy atom. The van der Waals surface area contributed by atoms with Gasteiger partial charge in [0, 0.05) is 18.4 Å². The van der Waals surface area contributed by atoms with E-state index >= 15 is 0 Å². The van der Waals surface area contributed by atoms with Crippen molar-refractivity contribution in [2.24, 2.45) is 0 Å². The summed E-state index contributed by atoms with van der Waals surface area (Å²) in [6.45, 7) is 2.53. The van der Waals surface area contributed by atoms with Crippen LogP contribution >= 0.6 is 0 Å². The molecule has 2 aliphatic rings. The maximum atomic E-state index is 12.7. The molecular formula is C15H19N3O2. The molecule has 0 aromatic carbocycles. The molecule has 106 valence electrons. The van der Waals surface area contributed by atoms with Gasteiger partial charge in [-0.1, -0.05) is 18.9 Å². The van der Waals surface area contributed by atoms with Crippen LogP contribution in [0, 0.1) is 6.92 Å². The molecule has 5 heteroatoms. The highest BCUT2D eigenvalue weighted by Crippen LogP contribution is 2.33. The smallest absolute Gasteiger partial charge is 0.249 e. The average molecular weight is 273 g/mol. The Balaban J connectivity index is 1.79. The summed E-state index contributed by atoms with van der Waals surface area (Å²) in [7, 11) is 0. The Hall–Kier alpha value is -1.91. The lowest BCUT2D eigenvalue weighted by Gasteiger charge is -2.39. The number of pyridine rings is 1. The molecule has 0 atom stereocenters. The molecule has 2 heterocycles. The van der Waals surface area contributed by atoms with Crippen LogP contribution in [-0.2, 0) is 16.1 Å². The van der Waals surface area contributed by atoms with Crippen molar-refractivity contribution in [1.29, 1.82) is 0 Å². The third-order valence-electron chi connectivity index (χ3n) is 4.21. The third kappa shape index (κ3) is 2.28. The van der Waals surface area contributed by atoms with Gasteiger partial charge < -0.3 is 10.2 Å². The number of nitrogens with zero attached hydrogens (tertiary/aromatic N) is 2. The standard InChI is InChI=1S/C15H19N3O2/c1-11-4-5-12(8-16-11)9-18-10-13(19)17-15(14(18)20)6-2-3-7-15/h4-5,8H,2-3,6-7,9-10H2,1H3,(H,17,19). The average Bonchev–Trinajstić information content (AvgIpc) is 2.87. The molecule has 1 aliphatic heterocycles. The van der Waals surface area contributed by atoms with Crippen LogP contribution in [0.2, 0.25) is 0 Å². The fourth-order valence-corrected chi connectivity index (χ4v) is 3.17. The maximum absolute atomic E-state index is 12.7. The number of piperazine rings is 1. The predicted octanol–water partition coefficient (Wildman–Crippen LogP) is 1.16. The van der Waals surface area contributed by atoms with Crippen LogP contribution < -0.4 is 5.32 Å². The Morgan fingerprint density at radius 3 is 2.70 bits per heavy atom. The van der Waals surface area contributed by atoms with Gasteiger partial charge in [-0.25, -0.2) is 0 Å². The SMILES string of the molecule is Cc1ccc(CN2CC(=O)NC3(CCCC3)C2=O)cn1. The number of rotatable bonds is 2. The molecular weight excluding hydrogens is 254 g/mol. The first-order valence-electron chi connectivity index (χ1n) is 7.11. The minimum atomic E-state index is -0.631. The minimum absolute atomic E-state index is 0.0495. The van der Waals surface area contributed by atoms with Crippen molar-refractivity contribution in [3.63, 3.8) is 0 Å². The van der Waals surface area contributed by atoms with Gasteiger partial charge in [-0.3, -0.25) is 14.6 Å². The number of carbonyl (C=O) groups excluding carboxylic acids is 2. The van der Waals surface area contributed by atoms with E-state index in [1.807, 2.05) is 19.1 Å². The molecule has 1 saturated heterocycles. The number of aryl methyl sites for hydroxylation is 1. The fourth-order valence-electron chi connectivity index (χ4n) is 3.17. The first-order chi connectivity index (χ1) is 9.59. The first-order valence-corrected chi connectivity index (χ1v) is 7.11. The number of hydrogen-bond acceptors (Lipinski definition) is 3. The quantitative estimate of drug-likeness (QED) is 0.879. The highest BCUT2D eigenvalue weighted by atomic mass is 16.2. The zero-order valence-electron chi connectivity index (χ0n) is 11.7. The highest BCUT2D eigenvalue weighted by molar-refractivity contribution is 5.98. The summed E-state index contributed by atoms with van der Waals surface area (Å²) in [5.74, 6) is 0.0155. The number of nitrogens with one attached hydrogen (secondary N) is 1. The van der Waals surface area contributed by atoms with Gasteiger partial charge >= 0.3 is 0 Å². The zero-order valence-corrected chi connectivity index (χ0v) is 11.7. The summed E-state index contributed by atoms with van der Waals surface area (Å²) in [5.41, 5.74) is 1.28. The van der Waals surface area contributed by atoms with Gasteiger partial charge in [-0.2, -0.15) is 0 Å². The second-order valence-electron chi connectivity index (χ2n) is 5.81. The largest absolute Gasteiger partial charge is 0.340 e. The van der Waals surface area contributed by atoms with Crippen molar-refractivity contribution in [2.45, 2.75) is 44.7 Å². The molecule has 5 nitrogen and oxygen atoms in total. The summed E-state index contributed by atoms with van der Waals surface area (Å²) in [6, 6.07) is 3.89. The van der Waals surface area contributed by atoms with Crippen LogP contribution in [0.15, 0.2) is 18.3 Å². The van der Waals surface area contributed by atoms with E-state index in [0.29, 0.717) is 6.54 Å². The first kappa shape index (κ1) is 13.1. The summed E-state index contributed by atoms with van der Waals surface area (Å²) < 4.78 is 0. The van der Waals surface area contributed by atoms with E-state index in [-0.39, 0.29) is 18.4 Å². The highest BCUT2D eigenvalue weighted by Gasteiger charge is 2.48. The Kier molecular flexibility index (Phi) is 3.20. The summed E-state index contributed by atoms with van der Waals surface area (Å²) in [4.78, 5) is 30.5. The molecule has 20 heavy (non-hydrogen) atoms. The van der Waals surface area contributed by atoms with Crippen LogP contribution in [0.3, 0.4) is 0 Å². The van der Waals surface area contributed by atoms with Gasteiger partial charge in [0.1, 0.15) is 5.54 Å². The van der Waals surface area contributed by atoms with Crippen LogP contribution in [0.1, 0.15) is 36.9 Å². The Bertz CT molecular complexity index is 533. The van der Waals surface area contributed by atoms with E-state index < -0.39 is 5.54 Å². The molecule has 1 aromatic rings. The van der Waals surface area contributed by atoms with E-state index in [0.717, 1.165) is 36.9 Å². The van der Waals surface area contributed by atoms with Crippen molar-refractivity contribution < 1.29 is 9.59 Å². The van der Waals surface area contributed by atoms with Gasteiger partial charge in [-0.05, 0) is 31.4 Å². The molecule has 1 aliphatic carbocycles. The molecule has 1 spiro atoms. The second-order valence-corrected chi connectivity index (χ2v) is 5.81. The lowest BCUT2D eigenvalue weighted by molar-refractivity contribution is -0.150. The third-order valence-corrected chi connectivity index (χ3v) is 4.21. The zero-order chi connectivity index (χ0) is 14.2. The summed E-state index contributed by atoms with van der Waals surface area (Å²) in [6.07, 6.45) is 5.31. The molecule has 0 bridgehead atoms. The van der Waals surface area contributed by atoms with E-state index in [1.165, 1.54) is 0 Å². The number of carbonyl (C=O) groups is 2. The van der Waals surface area contributed by atoms with Gasteiger partial charge in [0.05, 0.1) is 6.54 Å².